The Hall–Kier alpha value is -0.610. The SMILES string of the molecule is NNC(Cc1ccccc1Cl)C1CCCOC1. The first-order valence-electron chi connectivity index (χ1n) is 6.08. The smallest absolute Gasteiger partial charge is 0.0509 e. The number of nitrogens with two attached hydrogens (primary N) is 1. The van der Waals surface area contributed by atoms with Crippen molar-refractivity contribution >= 4 is 11.6 Å². The standard InChI is InChI=1S/C13H19ClN2O/c14-12-6-2-1-4-10(12)8-13(16-15)11-5-3-7-17-9-11/h1-2,4,6,11,13,16H,3,5,7-9,15H2. The van der Waals surface area contributed by atoms with Crippen molar-refractivity contribution in [1.29, 1.82) is 0 Å². The molecule has 0 aliphatic carbocycles. The summed E-state index contributed by atoms with van der Waals surface area (Å²) in [6.45, 7) is 1.67. The molecule has 94 valence electrons. The first-order chi connectivity index (χ1) is 8.31. The molecule has 2 atom stereocenters. The van der Waals surface area contributed by atoms with Crippen LogP contribution in [-0.4, -0.2) is 19.3 Å². The highest BCUT2D eigenvalue weighted by Crippen LogP contribution is 2.23. The Morgan fingerprint density at radius 2 is 2.29 bits per heavy atom. The molecule has 2 unspecified atom stereocenters. The molecule has 0 saturated carbocycles. The van der Waals surface area contributed by atoms with Crippen LogP contribution in [0.2, 0.25) is 5.02 Å². The van der Waals surface area contributed by atoms with Gasteiger partial charge >= 0.3 is 0 Å². The first-order valence-corrected chi connectivity index (χ1v) is 6.46. The molecular formula is C13H19ClN2O. The van der Waals surface area contributed by atoms with Gasteiger partial charge in [0.05, 0.1) is 6.61 Å². The van der Waals surface area contributed by atoms with E-state index < -0.39 is 0 Å². The molecule has 1 heterocycles. The lowest BCUT2D eigenvalue weighted by Gasteiger charge is -2.30. The van der Waals surface area contributed by atoms with E-state index >= 15 is 0 Å². The number of rotatable bonds is 4. The van der Waals surface area contributed by atoms with Crippen molar-refractivity contribution in [3.8, 4) is 0 Å². The second kappa shape index (κ2) is 6.36. The average molecular weight is 255 g/mol. The van der Waals surface area contributed by atoms with Gasteiger partial charge in [0, 0.05) is 17.7 Å². The zero-order valence-electron chi connectivity index (χ0n) is 9.86. The zero-order valence-corrected chi connectivity index (χ0v) is 10.6. The maximum Gasteiger partial charge on any atom is 0.0509 e. The number of hydrogen-bond acceptors (Lipinski definition) is 3. The molecule has 2 rings (SSSR count). The summed E-state index contributed by atoms with van der Waals surface area (Å²) < 4.78 is 5.50. The third kappa shape index (κ3) is 3.42. The van der Waals surface area contributed by atoms with Crippen molar-refractivity contribution in [2.24, 2.45) is 11.8 Å². The van der Waals surface area contributed by atoms with Crippen LogP contribution in [0.25, 0.3) is 0 Å². The summed E-state index contributed by atoms with van der Waals surface area (Å²) in [6.07, 6.45) is 3.13. The van der Waals surface area contributed by atoms with E-state index in [0.717, 1.165) is 36.6 Å². The summed E-state index contributed by atoms with van der Waals surface area (Å²) in [6, 6.07) is 8.15. The second-order valence-electron chi connectivity index (χ2n) is 4.55. The van der Waals surface area contributed by atoms with E-state index in [-0.39, 0.29) is 6.04 Å². The largest absolute Gasteiger partial charge is 0.381 e. The lowest BCUT2D eigenvalue weighted by molar-refractivity contribution is 0.0393. The topological polar surface area (TPSA) is 47.3 Å². The molecule has 4 heteroatoms. The molecule has 1 aromatic carbocycles. The Kier molecular flexibility index (Phi) is 4.80. The first kappa shape index (κ1) is 12.8. The van der Waals surface area contributed by atoms with Crippen molar-refractivity contribution in [2.75, 3.05) is 13.2 Å². The fourth-order valence-electron chi connectivity index (χ4n) is 2.35. The third-order valence-corrected chi connectivity index (χ3v) is 3.75. The van der Waals surface area contributed by atoms with Crippen molar-refractivity contribution in [3.05, 3.63) is 34.9 Å². The van der Waals surface area contributed by atoms with Crippen LogP contribution in [0.4, 0.5) is 0 Å². The fourth-order valence-corrected chi connectivity index (χ4v) is 2.56. The summed E-state index contributed by atoms with van der Waals surface area (Å²) in [5, 5.41) is 0.810. The van der Waals surface area contributed by atoms with Crippen LogP contribution in [0, 0.1) is 5.92 Å². The molecule has 0 amide bonds. The van der Waals surface area contributed by atoms with Gasteiger partial charge in [-0.25, -0.2) is 0 Å². The maximum atomic E-state index is 6.16. The van der Waals surface area contributed by atoms with Crippen molar-refractivity contribution in [3.63, 3.8) is 0 Å². The van der Waals surface area contributed by atoms with E-state index in [1.807, 2.05) is 18.2 Å². The molecule has 17 heavy (non-hydrogen) atoms. The number of halogens is 1. The van der Waals surface area contributed by atoms with Gasteiger partial charge in [-0.15, -0.1) is 0 Å². The Balaban J connectivity index is 2.01. The molecule has 1 aromatic rings. The van der Waals surface area contributed by atoms with Gasteiger partial charge in [0.25, 0.3) is 0 Å². The van der Waals surface area contributed by atoms with Crippen molar-refractivity contribution < 1.29 is 4.74 Å². The van der Waals surface area contributed by atoms with Gasteiger partial charge in [-0.1, -0.05) is 29.8 Å². The molecule has 1 aliphatic heterocycles. The van der Waals surface area contributed by atoms with E-state index in [1.54, 1.807) is 0 Å². The minimum atomic E-state index is 0.232. The molecular weight excluding hydrogens is 236 g/mol. The Morgan fingerprint density at radius 3 is 2.94 bits per heavy atom. The molecule has 3 N–H and O–H groups in total. The molecule has 0 spiro atoms. The Morgan fingerprint density at radius 1 is 1.47 bits per heavy atom. The zero-order chi connectivity index (χ0) is 12.1. The van der Waals surface area contributed by atoms with E-state index in [9.17, 15) is 0 Å². The van der Waals surface area contributed by atoms with Crippen LogP contribution in [0.5, 0.6) is 0 Å². The molecule has 1 saturated heterocycles. The average Bonchev–Trinajstić information content (AvgIpc) is 2.39. The van der Waals surface area contributed by atoms with Crippen LogP contribution in [0.1, 0.15) is 18.4 Å². The molecule has 0 bridgehead atoms. The monoisotopic (exact) mass is 254 g/mol. The van der Waals surface area contributed by atoms with Gasteiger partial charge in [-0.2, -0.15) is 0 Å². The van der Waals surface area contributed by atoms with Crippen molar-refractivity contribution in [2.45, 2.75) is 25.3 Å². The summed E-state index contributed by atoms with van der Waals surface area (Å²) in [5.74, 6) is 6.13. The van der Waals surface area contributed by atoms with Gasteiger partial charge in [0.15, 0.2) is 0 Å². The number of ether oxygens (including phenoxy) is 1. The van der Waals surface area contributed by atoms with Crippen LogP contribution in [0.3, 0.4) is 0 Å². The van der Waals surface area contributed by atoms with E-state index in [1.165, 1.54) is 6.42 Å². The summed E-state index contributed by atoms with van der Waals surface area (Å²) >= 11 is 6.16. The lowest BCUT2D eigenvalue weighted by Crippen LogP contribution is -2.45. The minimum Gasteiger partial charge on any atom is -0.381 e. The van der Waals surface area contributed by atoms with Gasteiger partial charge in [0.2, 0.25) is 0 Å². The number of benzene rings is 1. The maximum absolute atomic E-state index is 6.16. The minimum absolute atomic E-state index is 0.232. The van der Waals surface area contributed by atoms with Gasteiger partial charge in [0.1, 0.15) is 0 Å². The highest BCUT2D eigenvalue weighted by Gasteiger charge is 2.23. The fraction of sp³-hybridized carbons (Fsp3) is 0.538. The Labute approximate surface area is 107 Å². The molecule has 0 radical (unpaired) electrons. The number of hydrazine groups is 1. The van der Waals surface area contributed by atoms with Crippen LogP contribution in [-0.2, 0) is 11.2 Å². The van der Waals surface area contributed by atoms with E-state index in [0.29, 0.717) is 5.92 Å². The summed E-state index contributed by atoms with van der Waals surface area (Å²) in [4.78, 5) is 0. The summed E-state index contributed by atoms with van der Waals surface area (Å²) in [5.41, 5.74) is 4.05. The van der Waals surface area contributed by atoms with Gasteiger partial charge in [-0.3, -0.25) is 11.3 Å². The molecule has 3 nitrogen and oxygen atoms in total. The number of nitrogens with one attached hydrogen (secondary N) is 1. The molecule has 0 aromatic heterocycles. The van der Waals surface area contributed by atoms with E-state index in [4.69, 9.17) is 22.2 Å². The second-order valence-corrected chi connectivity index (χ2v) is 4.95. The highest BCUT2D eigenvalue weighted by atomic mass is 35.5. The predicted molar refractivity (Wildman–Crippen MR) is 69.8 cm³/mol. The van der Waals surface area contributed by atoms with E-state index in [2.05, 4.69) is 11.5 Å². The normalized spacial score (nSPS) is 22.4. The van der Waals surface area contributed by atoms with Gasteiger partial charge in [-0.05, 0) is 36.8 Å². The molecule has 1 fully saturated rings. The highest BCUT2D eigenvalue weighted by molar-refractivity contribution is 6.31. The Bertz CT molecular complexity index is 353. The van der Waals surface area contributed by atoms with Crippen LogP contribution in [0.15, 0.2) is 24.3 Å². The summed E-state index contributed by atoms with van der Waals surface area (Å²) in [7, 11) is 0. The quantitative estimate of drug-likeness (QED) is 0.639. The van der Waals surface area contributed by atoms with Gasteiger partial charge < -0.3 is 4.74 Å². The molecule has 1 aliphatic rings. The van der Waals surface area contributed by atoms with Crippen molar-refractivity contribution in [1.82, 2.24) is 5.43 Å². The predicted octanol–water partition coefficient (Wildman–Crippen LogP) is 2.14. The third-order valence-electron chi connectivity index (χ3n) is 3.38. The van der Waals surface area contributed by atoms with Crippen LogP contribution >= 0.6 is 11.6 Å². The van der Waals surface area contributed by atoms with Crippen LogP contribution < -0.4 is 11.3 Å². The number of hydrogen-bond donors (Lipinski definition) is 2. The lowest BCUT2D eigenvalue weighted by atomic mass is 9.90.